The van der Waals surface area contributed by atoms with Gasteiger partial charge in [0, 0.05) is 25.5 Å². The first-order valence-corrected chi connectivity index (χ1v) is 8.92. The standard InChI is InChI=1S/C18H26N4O5/c1-12(2)8-14(16(23)20-10-13-4-3-5-19-9-13)21-17(24)15-11-27-7-6-22(15)18(25)26/h3-5,9,12,14-15H,6-8,10-11H2,1-2H3,(H,20,23)(H,21,24)(H,25,26). The van der Waals surface area contributed by atoms with Gasteiger partial charge < -0.3 is 20.5 Å². The maximum atomic E-state index is 12.6. The molecule has 0 aromatic carbocycles. The number of rotatable bonds is 7. The Morgan fingerprint density at radius 1 is 1.41 bits per heavy atom. The molecule has 2 rings (SSSR count). The Morgan fingerprint density at radius 3 is 2.81 bits per heavy atom. The Morgan fingerprint density at radius 2 is 2.19 bits per heavy atom. The number of carbonyl (C=O) groups excluding carboxylic acids is 2. The lowest BCUT2D eigenvalue weighted by Gasteiger charge is -2.33. The molecule has 1 aromatic heterocycles. The van der Waals surface area contributed by atoms with Crippen molar-refractivity contribution in [2.75, 3.05) is 19.8 Å². The van der Waals surface area contributed by atoms with E-state index in [1.165, 1.54) is 0 Å². The second-order valence-electron chi connectivity index (χ2n) is 6.84. The molecule has 2 unspecified atom stereocenters. The summed E-state index contributed by atoms with van der Waals surface area (Å²) in [4.78, 5) is 41.5. The minimum atomic E-state index is -1.18. The Bertz CT molecular complexity index is 652. The lowest BCUT2D eigenvalue weighted by atomic mass is 10.0. The first-order valence-electron chi connectivity index (χ1n) is 8.92. The molecular weight excluding hydrogens is 352 g/mol. The summed E-state index contributed by atoms with van der Waals surface area (Å²) in [5, 5.41) is 14.7. The number of carboxylic acid groups (broad SMARTS) is 1. The highest BCUT2D eigenvalue weighted by Gasteiger charge is 2.35. The Balaban J connectivity index is 2.00. The van der Waals surface area contributed by atoms with E-state index in [2.05, 4.69) is 15.6 Å². The van der Waals surface area contributed by atoms with Crippen LogP contribution in [0.2, 0.25) is 0 Å². The number of amides is 3. The maximum absolute atomic E-state index is 12.6. The van der Waals surface area contributed by atoms with Gasteiger partial charge in [0.1, 0.15) is 12.1 Å². The summed E-state index contributed by atoms with van der Waals surface area (Å²) in [5.74, 6) is -0.684. The van der Waals surface area contributed by atoms with Crippen molar-refractivity contribution in [3.8, 4) is 0 Å². The highest BCUT2D eigenvalue weighted by atomic mass is 16.5. The molecule has 1 aromatic rings. The van der Waals surface area contributed by atoms with Crippen LogP contribution >= 0.6 is 0 Å². The van der Waals surface area contributed by atoms with Gasteiger partial charge in [-0.1, -0.05) is 19.9 Å². The number of ether oxygens (including phenoxy) is 1. The average Bonchev–Trinajstić information content (AvgIpc) is 2.66. The van der Waals surface area contributed by atoms with Crippen molar-refractivity contribution in [2.24, 2.45) is 5.92 Å². The molecule has 148 valence electrons. The van der Waals surface area contributed by atoms with Crippen LogP contribution in [0.25, 0.3) is 0 Å². The van der Waals surface area contributed by atoms with Crippen LogP contribution in [0.1, 0.15) is 25.8 Å². The van der Waals surface area contributed by atoms with Crippen LogP contribution in [0, 0.1) is 5.92 Å². The molecule has 3 N–H and O–H groups in total. The predicted octanol–water partition coefficient (Wildman–Crippen LogP) is 0.608. The number of hydrogen-bond donors (Lipinski definition) is 3. The molecule has 27 heavy (non-hydrogen) atoms. The molecule has 2 atom stereocenters. The number of carbonyl (C=O) groups is 3. The zero-order chi connectivity index (χ0) is 19.8. The van der Waals surface area contributed by atoms with Crippen molar-refractivity contribution in [1.29, 1.82) is 0 Å². The summed E-state index contributed by atoms with van der Waals surface area (Å²) >= 11 is 0. The summed E-state index contributed by atoms with van der Waals surface area (Å²) in [6, 6.07) is 1.90. The summed E-state index contributed by atoms with van der Waals surface area (Å²) in [5.41, 5.74) is 0.846. The molecule has 1 fully saturated rings. The van der Waals surface area contributed by atoms with Crippen LogP contribution < -0.4 is 10.6 Å². The molecule has 1 aliphatic heterocycles. The minimum absolute atomic E-state index is 0.0240. The second-order valence-corrected chi connectivity index (χ2v) is 6.84. The number of morpholine rings is 1. The van der Waals surface area contributed by atoms with Gasteiger partial charge >= 0.3 is 6.09 Å². The number of aromatic nitrogens is 1. The molecule has 1 saturated heterocycles. The highest BCUT2D eigenvalue weighted by Crippen LogP contribution is 2.10. The zero-order valence-corrected chi connectivity index (χ0v) is 15.6. The second kappa shape index (κ2) is 9.86. The molecule has 0 aliphatic carbocycles. The van der Waals surface area contributed by atoms with E-state index in [1.54, 1.807) is 18.5 Å². The number of hydrogen-bond acceptors (Lipinski definition) is 5. The van der Waals surface area contributed by atoms with Crippen LogP contribution in [0.5, 0.6) is 0 Å². The fraction of sp³-hybridized carbons (Fsp3) is 0.556. The highest BCUT2D eigenvalue weighted by molar-refractivity contribution is 5.91. The van der Waals surface area contributed by atoms with Crippen LogP contribution in [0.3, 0.4) is 0 Å². The number of nitrogens with zero attached hydrogens (tertiary/aromatic N) is 2. The summed E-state index contributed by atoms with van der Waals surface area (Å²) in [6.45, 7) is 4.53. The number of nitrogens with one attached hydrogen (secondary N) is 2. The van der Waals surface area contributed by atoms with Crippen molar-refractivity contribution in [3.63, 3.8) is 0 Å². The van der Waals surface area contributed by atoms with Crippen molar-refractivity contribution in [3.05, 3.63) is 30.1 Å². The Hall–Kier alpha value is -2.68. The largest absolute Gasteiger partial charge is 0.465 e. The van der Waals surface area contributed by atoms with Gasteiger partial charge in [0.2, 0.25) is 11.8 Å². The van der Waals surface area contributed by atoms with Gasteiger partial charge in [-0.15, -0.1) is 0 Å². The first kappa shape index (κ1) is 20.6. The van der Waals surface area contributed by atoms with Gasteiger partial charge in [-0.3, -0.25) is 19.5 Å². The molecule has 0 radical (unpaired) electrons. The average molecular weight is 378 g/mol. The Kier molecular flexibility index (Phi) is 7.54. The normalized spacial score (nSPS) is 18.0. The quantitative estimate of drug-likeness (QED) is 0.639. The predicted molar refractivity (Wildman–Crippen MR) is 96.8 cm³/mol. The zero-order valence-electron chi connectivity index (χ0n) is 15.6. The fourth-order valence-electron chi connectivity index (χ4n) is 2.84. The molecule has 2 heterocycles. The summed E-state index contributed by atoms with van der Waals surface area (Å²) in [6.07, 6.45) is 2.55. The van der Waals surface area contributed by atoms with Gasteiger partial charge in [-0.25, -0.2) is 4.79 Å². The van der Waals surface area contributed by atoms with Gasteiger partial charge in [0.05, 0.1) is 13.2 Å². The van der Waals surface area contributed by atoms with Crippen molar-refractivity contribution >= 4 is 17.9 Å². The molecule has 3 amide bonds. The van der Waals surface area contributed by atoms with Crippen LogP contribution in [-0.2, 0) is 20.9 Å². The summed E-state index contributed by atoms with van der Waals surface area (Å²) < 4.78 is 5.24. The third-order valence-corrected chi connectivity index (χ3v) is 4.21. The molecule has 1 aliphatic rings. The Labute approximate surface area is 158 Å². The van der Waals surface area contributed by atoms with E-state index in [-0.39, 0.29) is 31.6 Å². The lowest BCUT2D eigenvalue weighted by Crippen LogP contribution is -2.58. The van der Waals surface area contributed by atoms with E-state index in [1.807, 2.05) is 19.9 Å². The molecule has 9 nitrogen and oxygen atoms in total. The molecule has 0 spiro atoms. The number of pyridine rings is 1. The molecular formula is C18H26N4O5. The monoisotopic (exact) mass is 378 g/mol. The van der Waals surface area contributed by atoms with E-state index in [0.717, 1.165) is 10.5 Å². The molecule has 0 bridgehead atoms. The van der Waals surface area contributed by atoms with E-state index < -0.39 is 24.1 Å². The van der Waals surface area contributed by atoms with Crippen LogP contribution in [0.15, 0.2) is 24.5 Å². The van der Waals surface area contributed by atoms with Gasteiger partial charge in [0.25, 0.3) is 0 Å². The van der Waals surface area contributed by atoms with E-state index in [9.17, 15) is 19.5 Å². The van der Waals surface area contributed by atoms with Gasteiger partial charge in [-0.2, -0.15) is 0 Å². The van der Waals surface area contributed by atoms with Crippen molar-refractivity contribution in [1.82, 2.24) is 20.5 Å². The third-order valence-electron chi connectivity index (χ3n) is 4.21. The fourth-order valence-corrected chi connectivity index (χ4v) is 2.84. The van der Waals surface area contributed by atoms with E-state index >= 15 is 0 Å². The minimum Gasteiger partial charge on any atom is -0.465 e. The lowest BCUT2D eigenvalue weighted by molar-refractivity contribution is -0.135. The molecule has 0 saturated carbocycles. The third kappa shape index (κ3) is 6.21. The van der Waals surface area contributed by atoms with Crippen LogP contribution in [-0.4, -0.2) is 64.7 Å². The summed E-state index contributed by atoms with van der Waals surface area (Å²) in [7, 11) is 0. The maximum Gasteiger partial charge on any atom is 0.408 e. The van der Waals surface area contributed by atoms with Crippen LogP contribution in [0.4, 0.5) is 4.79 Å². The van der Waals surface area contributed by atoms with Crippen molar-refractivity contribution in [2.45, 2.75) is 38.9 Å². The van der Waals surface area contributed by atoms with Crippen molar-refractivity contribution < 1.29 is 24.2 Å². The smallest absolute Gasteiger partial charge is 0.408 e. The molecule has 9 heteroatoms. The van der Waals surface area contributed by atoms with Gasteiger partial charge in [0.15, 0.2) is 0 Å². The van der Waals surface area contributed by atoms with E-state index in [4.69, 9.17) is 4.74 Å². The van der Waals surface area contributed by atoms with Gasteiger partial charge in [-0.05, 0) is 24.0 Å². The topological polar surface area (TPSA) is 121 Å². The first-order chi connectivity index (χ1) is 12.9. The van der Waals surface area contributed by atoms with E-state index in [0.29, 0.717) is 13.0 Å². The SMILES string of the molecule is CC(C)CC(NC(=O)C1COCCN1C(=O)O)C(=O)NCc1cccnc1.